The average Bonchev–Trinajstić information content (AvgIpc) is 2.41. The van der Waals surface area contributed by atoms with Crippen molar-refractivity contribution >= 4 is 17.5 Å². The molecule has 1 aliphatic heterocycles. The number of aliphatic hydroxyl groups is 1. The third-order valence-corrected chi connectivity index (χ3v) is 4.01. The lowest BCUT2D eigenvalue weighted by atomic mass is 9.93. The van der Waals surface area contributed by atoms with E-state index >= 15 is 0 Å². The zero-order chi connectivity index (χ0) is 13.8. The lowest BCUT2D eigenvalue weighted by Gasteiger charge is -2.34. The lowest BCUT2D eigenvalue weighted by molar-refractivity contribution is -0.133. The van der Waals surface area contributed by atoms with Gasteiger partial charge in [0.2, 0.25) is 5.91 Å². The summed E-state index contributed by atoms with van der Waals surface area (Å²) in [6, 6.07) is 7.38. The zero-order valence-electron chi connectivity index (χ0n) is 11.2. The molecule has 1 aromatic carbocycles. The molecule has 1 aliphatic rings. The van der Waals surface area contributed by atoms with Gasteiger partial charge in [0, 0.05) is 24.0 Å². The van der Waals surface area contributed by atoms with E-state index in [-0.39, 0.29) is 17.9 Å². The second-order valence-corrected chi connectivity index (χ2v) is 5.72. The van der Waals surface area contributed by atoms with E-state index < -0.39 is 0 Å². The van der Waals surface area contributed by atoms with Crippen LogP contribution in [-0.2, 0) is 11.2 Å². The number of carbonyl (C=O) groups excluding carboxylic acids is 1. The summed E-state index contributed by atoms with van der Waals surface area (Å²) in [6.07, 6.45) is 2.04. The predicted octanol–water partition coefficient (Wildman–Crippen LogP) is 2.50. The Hall–Kier alpha value is -1.06. The molecule has 0 aliphatic carbocycles. The van der Waals surface area contributed by atoms with Gasteiger partial charge in [0.05, 0.1) is 12.5 Å². The number of nitrogens with zero attached hydrogens (tertiary/aromatic N) is 1. The number of benzene rings is 1. The van der Waals surface area contributed by atoms with Gasteiger partial charge in [-0.2, -0.15) is 0 Å². The van der Waals surface area contributed by atoms with Gasteiger partial charge in [-0.15, -0.1) is 0 Å². The first-order chi connectivity index (χ1) is 9.06. The molecular formula is C15H20ClNO2. The van der Waals surface area contributed by atoms with Gasteiger partial charge in [0.25, 0.3) is 0 Å². The molecule has 1 N–H and O–H groups in total. The van der Waals surface area contributed by atoms with E-state index in [9.17, 15) is 9.90 Å². The van der Waals surface area contributed by atoms with Crippen LogP contribution in [-0.4, -0.2) is 35.1 Å². The minimum atomic E-state index is -0.342. The molecule has 0 radical (unpaired) electrons. The number of aliphatic hydroxyl groups excluding tert-OH is 1. The fourth-order valence-electron chi connectivity index (χ4n) is 2.52. The fourth-order valence-corrected chi connectivity index (χ4v) is 2.64. The molecule has 1 aromatic rings. The first-order valence-electron chi connectivity index (χ1n) is 6.76. The van der Waals surface area contributed by atoms with Crippen LogP contribution in [0, 0.1) is 5.92 Å². The summed E-state index contributed by atoms with van der Waals surface area (Å²) in [6.45, 7) is 3.28. The van der Waals surface area contributed by atoms with Crippen LogP contribution >= 0.6 is 11.6 Å². The molecule has 2 atom stereocenters. The van der Waals surface area contributed by atoms with Crippen molar-refractivity contribution in [2.24, 2.45) is 5.92 Å². The van der Waals surface area contributed by atoms with E-state index in [1.165, 1.54) is 0 Å². The second kappa shape index (κ2) is 6.40. The van der Waals surface area contributed by atoms with Crippen LogP contribution < -0.4 is 0 Å². The third kappa shape index (κ3) is 3.95. The highest BCUT2D eigenvalue weighted by Gasteiger charge is 2.26. The van der Waals surface area contributed by atoms with Crippen LogP contribution in [0.3, 0.4) is 0 Å². The van der Waals surface area contributed by atoms with Crippen molar-refractivity contribution in [2.45, 2.75) is 32.3 Å². The van der Waals surface area contributed by atoms with Gasteiger partial charge in [-0.05, 0) is 37.5 Å². The van der Waals surface area contributed by atoms with Crippen molar-refractivity contribution < 1.29 is 9.90 Å². The Morgan fingerprint density at radius 3 is 2.79 bits per heavy atom. The summed E-state index contributed by atoms with van der Waals surface area (Å²) >= 11 is 5.83. The first-order valence-corrected chi connectivity index (χ1v) is 7.14. The van der Waals surface area contributed by atoms with E-state index in [2.05, 4.69) is 0 Å². The van der Waals surface area contributed by atoms with Crippen molar-refractivity contribution in [1.82, 2.24) is 4.90 Å². The molecule has 0 aromatic heterocycles. The topological polar surface area (TPSA) is 40.5 Å². The van der Waals surface area contributed by atoms with Crippen molar-refractivity contribution in [1.29, 1.82) is 0 Å². The first kappa shape index (κ1) is 14.4. The molecule has 4 heteroatoms. The van der Waals surface area contributed by atoms with E-state index in [1.54, 1.807) is 19.1 Å². The summed E-state index contributed by atoms with van der Waals surface area (Å²) in [4.78, 5) is 14.1. The largest absolute Gasteiger partial charge is 0.393 e. The Morgan fingerprint density at radius 2 is 2.16 bits per heavy atom. The molecule has 1 heterocycles. The van der Waals surface area contributed by atoms with Crippen LogP contribution in [0.2, 0.25) is 5.02 Å². The van der Waals surface area contributed by atoms with Gasteiger partial charge in [0.1, 0.15) is 0 Å². The second-order valence-electron chi connectivity index (χ2n) is 5.29. The number of likely N-dealkylation sites (tertiary alicyclic amines) is 1. The highest BCUT2D eigenvalue weighted by molar-refractivity contribution is 6.30. The number of piperidine rings is 1. The average molecular weight is 282 g/mol. The van der Waals surface area contributed by atoms with E-state index in [0.29, 0.717) is 18.0 Å². The molecular weight excluding hydrogens is 262 g/mol. The molecule has 0 bridgehead atoms. The third-order valence-electron chi connectivity index (χ3n) is 3.76. The van der Waals surface area contributed by atoms with Crippen molar-refractivity contribution in [3.63, 3.8) is 0 Å². The fraction of sp³-hybridized carbons (Fsp3) is 0.533. The van der Waals surface area contributed by atoms with Crippen LogP contribution in [0.25, 0.3) is 0 Å². The molecule has 19 heavy (non-hydrogen) atoms. The minimum absolute atomic E-state index is 0.132. The maximum Gasteiger partial charge on any atom is 0.227 e. The molecule has 1 fully saturated rings. The van der Waals surface area contributed by atoms with Crippen LogP contribution in [0.1, 0.15) is 25.3 Å². The minimum Gasteiger partial charge on any atom is -0.393 e. The molecule has 1 saturated heterocycles. The Bertz CT molecular complexity index is 430. The standard InChI is InChI=1S/C15H20ClNO2/c1-11(18)13-3-2-8-17(10-13)15(19)9-12-4-6-14(16)7-5-12/h4-7,11,13,18H,2-3,8-10H2,1H3. The summed E-state index contributed by atoms with van der Waals surface area (Å²) < 4.78 is 0. The van der Waals surface area contributed by atoms with Gasteiger partial charge in [0.15, 0.2) is 0 Å². The van der Waals surface area contributed by atoms with Gasteiger partial charge < -0.3 is 10.0 Å². The van der Waals surface area contributed by atoms with Gasteiger partial charge in [-0.25, -0.2) is 0 Å². The molecule has 104 valence electrons. The molecule has 2 unspecified atom stereocenters. The molecule has 3 nitrogen and oxygen atoms in total. The van der Waals surface area contributed by atoms with Gasteiger partial charge >= 0.3 is 0 Å². The summed E-state index contributed by atoms with van der Waals surface area (Å²) in [5.41, 5.74) is 0.980. The number of hydrogen-bond acceptors (Lipinski definition) is 2. The summed E-state index contributed by atoms with van der Waals surface area (Å²) in [5, 5.41) is 10.3. The van der Waals surface area contributed by atoms with Crippen molar-refractivity contribution in [3.8, 4) is 0 Å². The molecule has 0 spiro atoms. The monoisotopic (exact) mass is 281 g/mol. The number of halogens is 1. The van der Waals surface area contributed by atoms with E-state index in [1.807, 2.05) is 17.0 Å². The Balaban J connectivity index is 1.94. The molecule has 2 rings (SSSR count). The van der Waals surface area contributed by atoms with Gasteiger partial charge in [-0.1, -0.05) is 23.7 Å². The molecule has 1 amide bonds. The highest BCUT2D eigenvalue weighted by atomic mass is 35.5. The maximum atomic E-state index is 12.2. The SMILES string of the molecule is CC(O)C1CCCN(C(=O)Cc2ccc(Cl)cc2)C1. The Morgan fingerprint density at radius 1 is 1.47 bits per heavy atom. The highest BCUT2D eigenvalue weighted by Crippen LogP contribution is 2.20. The number of amides is 1. The van der Waals surface area contributed by atoms with E-state index in [4.69, 9.17) is 11.6 Å². The summed E-state index contributed by atoms with van der Waals surface area (Å²) in [5.74, 6) is 0.343. The Labute approximate surface area is 119 Å². The predicted molar refractivity (Wildman–Crippen MR) is 76.1 cm³/mol. The van der Waals surface area contributed by atoms with Crippen LogP contribution in [0.5, 0.6) is 0 Å². The lowest BCUT2D eigenvalue weighted by Crippen LogP contribution is -2.43. The quantitative estimate of drug-likeness (QED) is 0.925. The smallest absolute Gasteiger partial charge is 0.227 e. The zero-order valence-corrected chi connectivity index (χ0v) is 11.9. The van der Waals surface area contributed by atoms with Crippen LogP contribution in [0.15, 0.2) is 24.3 Å². The number of carbonyl (C=O) groups is 1. The van der Waals surface area contributed by atoms with Crippen molar-refractivity contribution in [3.05, 3.63) is 34.9 Å². The summed E-state index contributed by atoms with van der Waals surface area (Å²) in [7, 11) is 0. The van der Waals surface area contributed by atoms with Crippen molar-refractivity contribution in [2.75, 3.05) is 13.1 Å². The Kier molecular flexibility index (Phi) is 4.83. The normalized spacial score (nSPS) is 21.2. The van der Waals surface area contributed by atoms with Gasteiger partial charge in [-0.3, -0.25) is 4.79 Å². The molecule has 0 saturated carbocycles. The number of rotatable bonds is 3. The number of hydrogen-bond donors (Lipinski definition) is 1. The van der Waals surface area contributed by atoms with E-state index in [0.717, 1.165) is 24.9 Å². The van der Waals surface area contributed by atoms with Crippen LogP contribution in [0.4, 0.5) is 0 Å². The maximum absolute atomic E-state index is 12.2.